The van der Waals surface area contributed by atoms with Crippen molar-refractivity contribution < 1.29 is 9.59 Å². The molecule has 0 unspecified atom stereocenters. The highest BCUT2D eigenvalue weighted by Gasteiger charge is 2.35. The number of hydrogen-bond acceptors (Lipinski definition) is 2. The van der Waals surface area contributed by atoms with Crippen LogP contribution in [0.4, 0.5) is 16.2 Å². The normalized spacial score (nSPS) is 16.7. The summed E-state index contributed by atoms with van der Waals surface area (Å²) in [5.41, 5.74) is 2.88. The summed E-state index contributed by atoms with van der Waals surface area (Å²) in [6.45, 7) is 3.57. The molecule has 5 nitrogen and oxygen atoms in total. The lowest BCUT2D eigenvalue weighted by Crippen LogP contribution is -2.37. The molecule has 0 bridgehead atoms. The summed E-state index contributed by atoms with van der Waals surface area (Å²) in [6, 6.07) is 5.66. The van der Waals surface area contributed by atoms with E-state index in [0.29, 0.717) is 6.54 Å². The Morgan fingerprint density at radius 3 is 2.87 bits per heavy atom. The molecule has 1 saturated carbocycles. The number of fused-ring (bicyclic) bond motifs is 1. The van der Waals surface area contributed by atoms with E-state index in [2.05, 4.69) is 17.6 Å². The molecule has 1 fully saturated rings. The zero-order valence-corrected chi connectivity index (χ0v) is 13.7. The maximum absolute atomic E-state index is 12.5. The molecule has 0 atom stereocenters. The standard InChI is InChI=1S/C18H25N3O2/c1-2-3-11-19-18(23)20-15-7-4-8-16-14(15)6-5-12-21(16)17(22)13-9-10-13/h4,7-8,13H,2-3,5-6,9-12H2,1H3,(H2,19,20,23). The summed E-state index contributed by atoms with van der Waals surface area (Å²) in [5.74, 6) is 0.463. The molecule has 1 aliphatic heterocycles. The topological polar surface area (TPSA) is 61.4 Å². The number of nitrogens with zero attached hydrogens (tertiary/aromatic N) is 1. The number of carbonyl (C=O) groups excluding carboxylic acids is 2. The number of urea groups is 1. The zero-order valence-electron chi connectivity index (χ0n) is 13.7. The highest BCUT2D eigenvalue weighted by molar-refractivity contribution is 5.99. The van der Waals surface area contributed by atoms with Crippen molar-refractivity contribution in [2.45, 2.75) is 45.4 Å². The molecule has 0 aromatic heterocycles. The Labute approximate surface area is 137 Å². The second kappa shape index (κ2) is 7.02. The molecule has 3 rings (SSSR count). The van der Waals surface area contributed by atoms with E-state index < -0.39 is 0 Å². The zero-order chi connectivity index (χ0) is 16.2. The molecule has 1 aromatic carbocycles. The van der Waals surface area contributed by atoms with Gasteiger partial charge in [-0.15, -0.1) is 0 Å². The van der Waals surface area contributed by atoms with Gasteiger partial charge in [0, 0.05) is 30.4 Å². The van der Waals surface area contributed by atoms with Crippen LogP contribution in [0.5, 0.6) is 0 Å². The number of anilines is 2. The summed E-state index contributed by atoms with van der Waals surface area (Å²) >= 11 is 0. The first-order valence-electron chi connectivity index (χ1n) is 8.69. The van der Waals surface area contributed by atoms with Gasteiger partial charge in [0.1, 0.15) is 0 Å². The number of amides is 3. The molecule has 2 N–H and O–H groups in total. The van der Waals surface area contributed by atoms with Crippen LogP contribution in [-0.2, 0) is 11.2 Å². The molecule has 5 heteroatoms. The lowest BCUT2D eigenvalue weighted by atomic mass is 9.99. The van der Waals surface area contributed by atoms with Crippen LogP contribution < -0.4 is 15.5 Å². The fourth-order valence-electron chi connectivity index (χ4n) is 3.07. The lowest BCUT2D eigenvalue weighted by molar-refractivity contribution is -0.119. The van der Waals surface area contributed by atoms with E-state index in [1.54, 1.807) is 0 Å². The molecule has 124 valence electrons. The van der Waals surface area contributed by atoms with E-state index in [9.17, 15) is 9.59 Å². The second-order valence-electron chi connectivity index (χ2n) is 6.41. The molecule has 3 amide bonds. The predicted octanol–water partition coefficient (Wildman–Crippen LogP) is 3.30. The van der Waals surface area contributed by atoms with Crippen molar-refractivity contribution in [1.82, 2.24) is 5.32 Å². The maximum atomic E-state index is 12.5. The van der Waals surface area contributed by atoms with Crippen LogP contribution in [0.3, 0.4) is 0 Å². The Morgan fingerprint density at radius 1 is 1.30 bits per heavy atom. The average Bonchev–Trinajstić information content (AvgIpc) is 3.39. The summed E-state index contributed by atoms with van der Waals surface area (Å²) in [4.78, 5) is 26.4. The molecule has 1 aliphatic carbocycles. The van der Waals surface area contributed by atoms with Crippen molar-refractivity contribution >= 4 is 23.3 Å². The molecule has 23 heavy (non-hydrogen) atoms. The Bertz CT molecular complexity index is 596. The van der Waals surface area contributed by atoms with Crippen LogP contribution in [0.1, 0.15) is 44.6 Å². The van der Waals surface area contributed by atoms with Gasteiger partial charge < -0.3 is 15.5 Å². The number of hydrogen-bond donors (Lipinski definition) is 2. The Morgan fingerprint density at radius 2 is 2.13 bits per heavy atom. The number of benzene rings is 1. The summed E-state index contributed by atoms with van der Waals surface area (Å²) in [7, 11) is 0. The summed E-state index contributed by atoms with van der Waals surface area (Å²) < 4.78 is 0. The fraction of sp³-hybridized carbons (Fsp3) is 0.556. The quantitative estimate of drug-likeness (QED) is 0.819. The van der Waals surface area contributed by atoms with Crippen molar-refractivity contribution in [2.24, 2.45) is 5.92 Å². The molecular formula is C18H25N3O2. The average molecular weight is 315 g/mol. The maximum Gasteiger partial charge on any atom is 0.319 e. The molecule has 1 heterocycles. The molecule has 0 saturated heterocycles. The molecule has 2 aliphatic rings. The van der Waals surface area contributed by atoms with Gasteiger partial charge in [-0.25, -0.2) is 4.79 Å². The first-order chi connectivity index (χ1) is 11.2. The molecule has 0 radical (unpaired) electrons. The smallest absolute Gasteiger partial charge is 0.319 e. The predicted molar refractivity (Wildman–Crippen MR) is 91.8 cm³/mol. The number of nitrogens with one attached hydrogen (secondary N) is 2. The van der Waals surface area contributed by atoms with Crippen LogP contribution in [0.2, 0.25) is 0 Å². The van der Waals surface area contributed by atoms with E-state index >= 15 is 0 Å². The van der Waals surface area contributed by atoms with Gasteiger partial charge in [0.2, 0.25) is 5.91 Å². The second-order valence-corrected chi connectivity index (χ2v) is 6.41. The largest absolute Gasteiger partial charge is 0.338 e. The third-order valence-electron chi connectivity index (χ3n) is 4.51. The Hall–Kier alpha value is -2.04. The lowest BCUT2D eigenvalue weighted by Gasteiger charge is -2.31. The molecule has 1 aromatic rings. The van der Waals surface area contributed by atoms with E-state index in [4.69, 9.17) is 0 Å². The highest BCUT2D eigenvalue weighted by atomic mass is 16.2. The van der Waals surface area contributed by atoms with Gasteiger partial charge in [0.25, 0.3) is 0 Å². The molecule has 0 spiro atoms. The minimum absolute atomic E-state index is 0.169. The van der Waals surface area contributed by atoms with E-state index in [0.717, 1.165) is 62.0 Å². The van der Waals surface area contributed by atoms with Crippen molar-refractivity contribution in [1.29, 1.82) is 0 Å². The van der Waals surface area contributed by atoms with Crippen molar-refractivity contribution in [3.05, 3.63) is 23.8 Å². The molecular weight excluding hydrogens is 290 g/mol. The van der Waals surface area contributed by atoms with Crippen molar-refractivity contribution in [3.8, 4) is 0 Å². The monoisotopic (exact) mass is 315 g/mol. The van der Waals surface area contributed by atoms with Gasteiger partial charge in [-0.05, 0) is 49.8 Å². The van der Waals surface area contributed by atoms with Crippen LogP contribution in [-0.4, -0.2) is 25.0 Å². The summed E-state index contributed by atoms with van der Waals surface area (Å²) in [5, 5.41) is 5.82. The van der Waals surface area contributed by atoms with E-state index in [1.165, 1.54) is 0 Å². The van der Waals surface area contributed by atoms with Crippen LogP contribution in [0.15, 0.2) is 18.2 Å². The Balaban J connectivity index is 1.74. The number of unbranched alkanes of at least 4 members (excludes halogenated alkanes) is 1. The first-order valence-corrected chi connectivity index (χ1v) is 8.69. The summed E-state index contributed by atoms with van der Waals surface area (Å²) in [6.07, 6.45) is 5.91. The first kappa shape index (κ1) is 15.8. The SMILES string of the molecule is CCCCNC(=O)Nc1cccc2c1CCCN2C(=O)C1CC1. The third-order valence-corrected chi connectivity index (χ3v) is 4.51. The van der Waals surface area contributed by atoms with Crippen molar-refractivity contribution in [3.63, 3.8) is 0 Å². The minimum Gasteiger partial charge on any atom is -0.338 e. The van der Waals surface area contributed by atoms with Gasteiger partial charge >= 0.3 is 6.03 Å². The van der Waals surface area contributed by atoms with Gasteiger partial charge in [0.15, 0.2) is 0 Å². The van der Waals surface area contributed by atoms with Crippen LogP contribution in [0, 0.1) is 5.92 Å². The van der Waals surface area contributed by atoms with Gasteiger partial charge in [-0.2, -0.15) is 0 Å². The third kappa shape index (κ3) is 3.66. The van der Waals surface area contributed by atoms with Gasteiger partial charge in [0.05, 0.1) is 0 Å². The van der Waals surface area contributed by atoms with E-state index in [1.807, 2.05) is 23.1 Å². The van der Waals surface area contributed by atoms with Crippen LogP contribution >= 0.6 is 0 Å². The Kier molecular flexibility index (Phi) is 4.84. The van der Waals surface area contributed by atoms with Gasteiger partial charge in [-0.1, -0.05) is 19.4 Å². The van der Waals surface area contributed by atoms with Gasteiger partial charge in [-0.3, -0.25) is 4.79 Å². The van der Waals surface area contributed by atoms with Crippen LogP contribution in [0.25, 0.3) is 0 Å². The fourth-order valence-corrected chi connectivity index (χ4v) is 3.07. The van der Waals surface area contributed by atoms with Crippen molar-refractivity contribution in [2.75, 3.05) is 23.3 Å². The minimum atomic E-state index is -0.169. The highest BCUT2D eigenvalue weighted by Crippen LogP contribution is 2.38. The number of rotatable bonds is 5. The number of carbonyl (C=O) groups is 2. The van der Waals surface area contributed by atoms with E-state index in [-0.39, 0.29) is 17.9 Å².